The Labute approximate surface area is 132 Å². The highest BCUT2D eigenvalue weighted by Gasteiger charge is 2.77. The molecule has 5 atom stereocenters. The third kappa shape index (κ3) is 1.65. The van der Waals surface area contributed by atoms with E-state index in [2.05, 4.69) is 35.9 Å². The van der Waals surface area contributed by atoms with Gasteiger partial charge in [-0.05, 0) is 66.7 Å². The van der Waals surface area contributed by atoms with Crippen molar-refractivity contribution in [1.29, 1.82) is 0 Å². The first kappa shape index (κ1) is 13.9. The van der Waals surface area contributed by atoms with Gasteiger partial charge in [0.1, 0.15) is 5.84 Å². The van der Waals surface area contributed by atoms with Crippen LogP contribution in [0.4, 0.5) is 5.69 Å². The highest BCUT2D eigenvalue weighted by molar-refractivity contribution is 5.97. The Hall–Kier alpha value is -1.77. The Morgan fingerprint density at radius 3 is 2.64 bits per heavy atom. The van der Waals surface area contributed by atoms with Crippen LogP contribution < -0.4 is 11.1 Å². The number of benzene rings is 1. The van der Waals surface area contributed by atoms with Gasteiger partial charge in [-0.3, -0.25) is 4.99 Å². The lowest BCUT2D eigenvalue weighted by molar-refractivity contribution is 0.0705. The summed E-state index contributed by atoms with van der Waals surface area (Å²) in [5, 5.41) is 3.54. The lowest BCUT2D eigenvalue weighted by Crippen LogP contribution is -2.41. The van der Waals surface area contributed by atoms with E-state index in [0.29, 0.717) is 17.2 Å². The van der Waals surface area contributed by atoms with Crippen LogP contribution in [0.3, 0.4) is 0 Å². The molecular formula is C19H25N3. The molecule has 3 aliphatic rings. The highest BCUT2D eigenvalue weighted by Crippen LogP contribution is 2.82. The molecule has 1 spiro atoms. The van der Waals surface area contributed by atoms with Crippen molar-refractivity contribution in [3.63, 3.8) is 0 Å². The molecule has 3 saturated carbocycles. The second kappa shape index (κ2) is 4.61. The second-order valence-electron chi connectivity index (χ2n) is 7.29. The van der Waals surface area contributed by atoms with Gasteiger partial charge in [-0.15, -0.1) is 0 Å². The number of hydrogen-bond acceptors (Lipinski definition) is 2. The molecule has 0 saturated heterocycles. The van der Waals surface area contributed by atoms with E-state index in [1.54, 1.807) is 7.05 Å². The van der Waals surface area contributed by atoms with E-state index in [-0.39, 0.29) is 0 Å². The lowest BCUT2D eigenvalue weighted by atomic mass is 9.60. The Morgan fingerprint density at radius 2 is 2.05 bits per heavy atom. The summed E-state index contributed by atoms with van der Waals surface area (Å²) in [4.78, 5) is 4.02. The number of amidine groups is 1. The van der Waals surface area contributed by atoms with E-state index < -0.39 is 0 Å². The van der Waals surface area contributed by atoms with E-state index in [0.717, 1.165) is 29.0 Å². The van der Waals surface area contributed by atoms with Gasteiger partial charge in [0.25, 0.3) is 0 Å². The molecule has 0 aromatic heterocycles. The summed E-state index contributed by atoms with van der Waals surface area (Å²) in [5.74, 6) is 4.09. The Morgan fingerprint density at radius 1 is 1.32 bits per heavy atom. The van der Waals surface area contributed by atoms with Gasteiger partial charge in [0.2, 0.25) is 0 Å². The van der Waals surface area contributed by atoms with E-state index >= 15 is 0 Å². The normalized spacial score (nSPS) is 38.7. The molecule has 0 amide bonds. The first-order chi connectivity index (χ1) is 10.6. The number of nitrogens with zero attached hydrogens (tertiary/aromatic N) is 1. The number of anilines is 1. The number of aliphatic imine (C=N–C) groups is 1. The van der Waals surface area contributed by atoms with Gasteiger partial charge in [0.05, 0.1) is 0 Å². The molecule has 1 aromatic carbocycles. The van der Waals surface area contributed by atoms with Crippen molar-refractivity contribution in [2.75, 3.05) is 12.4 Å². The Bertz CT molecular complexity index is 641. The molecule has 0 bridgehead atoms. The van der Waals surface area contributed by atoms with Crippen molar-refractivity contribution in [3.8, 4) is 0 Å². The van der Waals surface area contributed by atoms with Crippen LogP contribution in [0.1, 0.15) is 31.7 Å². The molecule has 3 fully saturated rings. The summed E-state index contributed by atoms with van der Waals surface area (Å²) in [6.45, 7) is 6.80. The first-order valence-electron chi connectivity index (χ1n) is 8.37. The number of nitrogens with one attached hydrogen (secondary N) is 1. The van der Waals surface area contributed by atoms with Crippen LogP contribution in [-0.4, -0.2) is 12.9 Å². The summed E-state index contributed by atoms with van der Waals surface area (Å²) in [5.41, 5.74) is 9.72. The minimum Gasteiger partial charge on any atom is -0.384 e. The summed E-state index contributed by atoms with van der Waals surface area (Å²) < 4.78 is 0. The zero-order valence-electron chi connectivity index (χ0n) is 13.5. The molecule has 0 radical (unpaired) electrons. The monoisotopic (exact) mass is 295 g/mol. The maximum atomic E-state index is 5.83. The van der Waals surface area contributed by atoms with Crippen molar-refractivity contribution in [2.24, 2.45) is 39.8 Å². The zero-order valence-corrected chi connectivity index (χ0v) is 13.5. The quantitative estimate of drug-likeness (QED) is 0.658. The van der Waals surface area contributed by atoms with E-state index in [4.69, 9.17) is 5.73 Å². The minimum atomic E-state index is 0.576. The number of allylic oxidation sites excluding steroid dienone is 1. The Balaban J connectivity index is 1.45. The molecule has 0 heterocycles. The van der Waals surface area contributed by atoms with Gasteiger partial charge in [-0.2, -0.15) is 0 Å². The van der Waals surface area contributed by atoms with Crippen molar-refractivity contribution in [2.45, 2.75) is 26.2 Å². The van der Waals surface area contributed by atoms with Gasteiger partial charge in [0, 0.05) is 29.9 Å². The molecule has 3 aliphatic carbocycles. The predicted molar refractivity (Wildman–Crippen MR) is 91.8 cm³/mol. The summed E-state index contributed by atoms with van der Waals surface area (Å²) in [6, 6.07) is 8.15. The van der Waals surface area contributed by atoms with E-state index in [1.807, 2.05) is 12.1 Å². The second-order valence-corrected chi connectivity index (χ2v) is 7.29. The fourth-order valence-corrected chi connectivity index (χ4v) is 5.59. The lowest BCUT2D eigenvalue weighted by Gasteiger charge is -2.46. The van der Waals surface area contributed by atoms with Crippen LogP contribution in [0.15, 0.2) is 41.5 Å². The third-order valence-corrected chi connectivity index (χ3v) is 6.73. The maximum Gasteiger partial charge on any atom is 0.125 e. The minimum absolute atomic E-state index is 0.576. The van der Waals surface area contributed by atoms with E-state index in [1.165, 1.54) is 25.0 Å². The van der Waals surface area contributed by atoms with Gasteiger partial charge < -0.3 is 11.1 Å². The van der Waals surface area contributed by atoms with Crippen molar-refractivity contribution >= 4 is 11.5 Å². The number of rotatable bonds is 4. The molecule has 22 heavy (non-hydrogen) atoms. The van der Waals surface area contributed by atoms with Crippen LogP contribution in [0.5, 0.6) is 0 Å². The van der Waals surface area contributed by atoms with Crippen molar-refractivity contribution < 1.29 is 0 Å². The van der Waals surface area contributed by atoms with Crippen molar-refractivity contribution in [3.05, 3.63) is 42.1 Å². The topological polar surface area (TPSA) is 50.4 Å². The molecule has 5 unspecified atom stereocenters. The van der Waals surface area contributed by atoms with Crippen molar-refractivity contribution in [1.82, 2.24) is 0 Å². The molecule has 3 nitrogen and oxygen atoms in total. The summed E-state index contributed by atoms with van der Waals surface area (Å²) >= 11 is 0. The van der Waals surface area contributed by atoms with Crippen LogP contribution >= 0.6 is 0 Å². The maximum absolute atomic E-state index is 5.83. The molecule has 3 heteroatoms. The molecule has 3 N–H and O–H groups in total. The van der Waals surface area contributed by atoms with Gasteiger partial charge in [-0.1, -0.05) is 13.5 Å². The number of hydrogen-bond donors (Lipinski definition) is 2. The average molecular weight is 295 g/mol. The third-order valence-electron chi connectivity index (χ3n) is 6.73. The first-order valence-corrected chi connectivity index (χ1v) is 8.37. The van der Waals surface area contributed by atoms with Crippen LogP contribution in [0.2, 0.25) is 0 Å². The largest absolute Gasteiger partial charge is 0.384 e. The Kier molecular flexibility index (Phi) is 2.91. The van der Waals surface area contributed by atoms with Crippen LogP contribution in [0, 0.1) is 29.1 Å². The standard InChI is InChI=1S/C19H25N3/c1-11-16-9-6-14-10-17(19(11,14)16)12(2)22-15-7-4-13(5-8-15)18(20)21-3/h4-5,7-8,11,14,16-17,22H,2,6,9-10H2,1,3H3,(H2,20,21). The molecule has 0 aliphatic heterocycles. The average Bonchev–Trinajstić information content (AvgIpc) is 3.02. The van der Waals surface area contributed by atoms with E-state index in [9.17, 15) is 0 Å². The van der Waals surface area contributed by atoms with Gasteiger partial charge >= 0.3 is 0 Å². The fourth-order valence-electron chi connectivity index (χ4n) is 5.59. The molecular weight excluding hydrogens is 270 g/mol. The van der Waals surface area contributed by atoms with Gasteiger partial charge in [0.15, 0.2) is 0 Å². The van der Waals surface area contributed by atoms with Gasteiger partial charge in [-0.25, -0.2) is 0 Å². The molecule has 1 aromatic rings. The highest BCUT2D eigenvalue weighted by atomic mass is 14.9. The predicted octanol–water partition coefficient (Wildman–Crippen LogP) is 3.63. The number of nitrogens with two attached hydrogens (primary N) is 1. The van der Waals surface area contributed by atoms with Crippen LogP contribution in [0.25, 0.3) is 0 Å². The SMILES string of the molecule is C=C(Nc1ccc(C(N)=NC)cc1)C1CC2CCC3C(C)C213. The molecule has 116 valence electrons. The smallest absolute Gasteiger partial charge is 0.125 e. The summed E-state index contributed by atoms with van der Waals surface area (Å²) in [7, 11) is 1.71. The molecule has 4 rings (SSSR count). The summed E-state index contributed by atoms with van der Waals surface area (Å²) in [6.07, 6.45) is 4.23. The van der Waals surface area contributed by atoms with Crippen LogP contribution in [-0.2, 0) is 0 Å². The zero-order chi connectivity index (χ0) is 15.5. The fraction of sp³-hybridized carbons (Fsp3) is 0.526.